The average molecular weight is 462 g/mol. The van der Waals surface area contributed by atoms with Crippen LogP contribution in [0.2, 0.25) is 0 Å². The number of halogens is 1. The lowest BCUT2D eigenvalue weighted by Crippen LogP contribution is -2.41. The highest BCUT2D eigenvalue weighted by atomic mass is 32.2. The minimum absolute atomic E-state index is 0.119. The second kappa shape index (κ2) is 8.51. The minimum Gasteiger partial charge on any atom is -0.479 e. The van der Waals surface area contributed by atoms with Crippen LogP contribution in [0.15, 0.2) is 41.3 Å². The molecule has 2 aliphatic heterocycles. The van der Waals surface area contributed by atoms with Gasteiger partial charge in [-0.1, -0.05) is 0 Å². The molecule has 1 fully saturated rings. The number of hydrogen-bond acceptors (Lipinski definition) is 5. The van der Waals surface area contributed by atoms with Crippen LogP contribution in [0.5, 0.6) is 5.75 Å². The molecular formula is C22H24FN3O5S. The number of sulfonamides is 1. The van der Waals surface area contributed by atoms with Crippen molar-refractivity contribution in [3.8, 4) is 5.75 Å². The molecule has 2 aliphatic rings. The molecule has 10 heteroatoms. The Bertz CT molecular complexity index is 1160. The number of aryl methyl sites for hydroxylation is 1. The normalized spacial score (nSPS) is 19.6. The van der Waals surface area contributed by atoms with Crippen molar-refractivity contribution in [3.05, 3.63) is 47.8 Å². The molecule has 2 amide bonds. The number of carbonyl (C=O) groups is 2. The molecule has 0 bridgehead atoms. The second-order valence-electron chi connectivity index (χ2n) is 8.04. The third-order valence-electron chi connectivity index (χ3n) is 5.76. The van der Waals surface area contributed by atoms with E-state index in [0.29, 0.717) is 35.5 Å². The summed E-state index contributed by atoms with van der Waals surface area (Å²) < 4.78 is 46.5. The maximum atomic E-state index is 13.3. The Balaban J connectivity index is 1.45. The van der Waals surface area contributed by atoms with E-state index in [4.69, 9.17) is 4.74 Å². The van der Waals surface area contributed by atoms with E-state index in [1.807, 2.05) is 0 Å². The van der Waals surface area contributed by atoms with E-state index in [0.717, 1.165) is 0 Å². The largest absolute Gasteiger partial charge is 0.479 e. The number of hydrogen-bond donors (Lipinski definition) is 2. The molecule has 1 atom stereocenters. The molecule has 2 N–H and O–H groups in total. The topological polar surface area (TPSA) is 105 Å². The molecule has 0 aliphatic carbocycles. The maximum absolute atomic E-state index is 13.3. The van der Waals surface area contributed by atoms with E-state index in [9.17, 15) is 22.4 Å². The predicted molar refractivity (Wildman–Crippen MR) is 116 cm³/mol. The van der Waals surface area contributed by atoms with Gasteiger partial charge < -0.3 is 15.4 Å². The quantitative estimate of drug-likeness (QED) is 0.729. The van der Waals surface area contributed by atoms with Gasteiger partial charge in [-0.2, -0.15) is 4.31 Å². The summed E-state index contributed by atoms with van der Waals surface area (Å²) in [6, 6.07) is 8.54. The first-order valence-corrected chi connectivity index (χ1v) is 11.8. The molecule has 0 unspecified atom stereocenters. The van der Waals surface area contributed by atoms with Crippen molar-refractivity contribution in [2.24, 2.45) is 5.92 Å². The van der Waals surface area contributed by atoms with Gasteiger partial charge in [0.2, 0.25) is 15.9 Å². The van der Waals surface area contributed by atoms with Crippen LogP contribution in [0.1, 0.15) is 25.3 Å². The summed E-state index contributed by atoms with van der Waals surface area (Å²) in [5, 5.41) is 5.46. The molecule has 2 heterocycles. The van der Waals surface area contributed by atoms with Crippen LogP contribution in [-0.4, -0.2) is 43.7 Å². The van der Waals surface area contributed by atoms with Gasteiger partial charge in [0.15, 0.2) is 6.10 Å². The molecule has 0 aromatic heterocycles. The van der Waals surface area contributed by atoms with Crippen LogP contribution in [0, 0.1) is 18.7 Å². The Morgan fingerprint density at radius 3 is 2.50 bits per heavy atom. The lowest BCUT2D eigenvalue weighted by atomic mass is 9.97. The molecule has 4 rings (SSSR count). The monoisotopic (exact) mass is 461 g/mol. The predicted octanol–water partition coefficient (Wildman–Crippen LogP) is 2.89. The number of nitrogens with zero attached hydrogens (tertiary/aromatic N) is 1. The Morgan fingerprint density at radius 2 is 1.84 bits per heavy atom. The number of rotatable bonds is 4. The standard InChI is InChI=1S/C22H24FN3O5S/c1-13-11-18-19(31-14(2)21(27)25-18)12-20(13)32(29,30)26-9-7-15(8-10-26)22(28)24-17-5-3-16(23)4-6-17/h3-6,11-12,14-15H,7-10H2,1-2H3,(H,24,28)(H,25,27)/t14-/m0/s1. The van der Waals surface area contributed by atoms with Crippen molar-refractivity contribution in [2.45, 2.75) is 37.7 Å². The lowest BCUT2D eigenvalue weighted by molar-refractivity contribution is -0.123. The van der Waals surface area contributed by atoms with Gasteiger partial charge in [0.05, 0.1) is 10.6 Å². The summed E-state index contributed by atoms with van der Waals surface area (Å²) in [6.45, 7) is 3.66. The Morgan fingerprint density at radius 1 is 1.19 bits per heavy atom. The third-order valence-corrected chi connectivity index (χ3v) is 7.80. The van der Waals surface area contributed by atoms with Crippen molar-refractivity contribution < 1.29 is 27.1 Å². The van der Waals surface area contributed by atoms with E-state index in [2.05, 4.69) is 10.6 Å². The molecule has 2 aromatic carbocycles. The first-order chi connectivity index (χ1) is 15.1. The molecule has 0 radical (unpaired) electrons. The Labute approximate surface area is 185 Å². The number of fused-ring (bicyclic) bond motifs is 1. The van der Waals surface area contributed by atoms with Crippen molar-refractivity contribution >= 4 is 33.2 Å². The van der Waals surface area contributed by atoms with Gasteiger partial charge in [0, 0.05) is 30.8 Å². The van der Waals surface area contributed by atoms with Gasteiger partial charge in [0.25, 0.3) is 5.91 Å². The molecule has 0 spiro atoms. The maximum Gasteiger partial charge on any atom is 0.265 e. The summed E-state index contributed by atoms with van der Waals surface area (Å²) in [6.07, 6.45) is 0.0378. The number of ether oxygens (including phenoxy) is 1. The first-order valence-electron chi connectivity index (χ1n) is 10.3. The fraction of sp³-hybridized carbons (Fsp3) is 0.364. The molecular weight excluding hydrogens is 437 g/mol. The zero-order valence-electron chi connectivity index (χ0n) is 17.7. The third kappa shape index (κ3) is 4.33. The number of piperidine rings is 1. The van der Waals surface area contributed by atoms with Crippen LogP contribution in [0.4, 0.5) is 15.8 Å². The van der Waals surface area contributed by atoms with Crippen LogP contribution >= 0.6 is 0 Å². The molecule has 8 nitrogen and oxygen atoms in total. The molecule has 2 aromatic rings. The average Bonchev–Trinajstić information content (AvgIpc) is 2.76. The van der Waals surface area contributed by atoms with Gasteiger partial charge in [-0.05, 0) is 62.6 Å². The number of carbonyl (C=O) groups excluding carboxylic acids is 2. The van der Waals surface area contributed by atoms with Gasteiger partial charge >= 0.3 is 0 Å². The number of anilines is 2. The summed E-state index contributed by atoms with van der Waals surface area (Å²) in [7, 11) is -3.80. The fourth-order valence-electron chi connectivity index (χ4n) is 3.90. The minimum atomic E-state index is -3.80. The van der Waals surface area contributed by atoms with Crippen molar-refractivity contribution in [1.29, 1.82) is 0 Å². The number of amides is 2. The van der Waals surface area contributed by atoms with Crippen molar-refractivity contribution in [2.75, 3.05) is 23.7 Å². The molecule has 1 saturated heterocycles. The number of benzene rings is 2. The highest BCUT2D eigenvalue weighted by Gasteiger charge is 2.34. The summed E-state index contributed by atoms with van der Waals surface area (Å²) in [5.74, 6) is -0.906. The van der Waals surface area contributed by atoms with Gasteiger partial charge in [-0.15, -0.1) is 0 Å². The smallest absolute Gasteiger partial charge is 0.265 e. The van der Waals surface area contributed by atoms with Gasteiger partial charge in [-0.3, -0.25) is 9.59 Å². The summed E-state index contributed by atoms with van der Waals surface area (Å²) >= 11 is 0. The molecule has 0 saturated carbocycles. The van der Waals surface area contributed by atoms with Gasteiger partial charge in [0.1, 0.15) is 11.6 Å². The Kier molecular flexibility index (Phi) is 5.91. The van der Waals surface area contributed by atoms with E-state index < -0.39 is 16.1 Å². The molecule has 170 valence electrons. The van der Waals surface area contributed by atoms with E-state index in [1.165, 1.54) is 34.6 Å². The zero-order chi connectivity index (χ0) is 23.0. The van der Waals surface area contributed by atoms with Gasteiger partial charge in [-0.25, -0.2) is 12.8 Å². The van der Waals surface area contributed by atoms with Crippen LogP contribution < -0.4 is 15.4 Å². The highest BCUT2D eigenvalue weighted by Crippen LogP contribution is 2.36. The summed E-state index contributed by atoms with van der Waals surface area (Å²) in [5.41, 5.74) is 1.44. The zero-order valence-corrected chi connectivity index (χ0v) is 18.5. The van der Waals surface area contributed by atoms with E-state index in [1.54, 1.807) is 19.9 Å². The second-order valence-corrected chi connectivity index (χ2v) is 9.94. The number of nitrogens with one attached hydrogen (secondary N) is 2. The highest BCUT2D eigenvalue weighted by molar-refractivity contribution is 7.89. The van der Waals surface area contributed by atoms with Crippen LogP contribution in [0.25, 0.3) is 0 Å². The van der Waals surface area contributed by atoms with E-state index >= 15 is 0 Å². The fourth-order valence-corrected chi connectivity index (χ4v) is 5.59. The van der Waals surface area contributed by atoms with Crippen molar-refractivity contribution in [1.82, 2.24) is 4.31 Å². The van der Waals surface area contributed by atoms with E-state index in [-0.39, 0.29) is 41.5 Å². The van der Waals surface area contributed by atoms with Crippen LogP contribution in [-0.2, 0) is 19.6 Å². The Hall–Kier alpha value is -2.98. The summed E-state index contributed by atoms with van der Waals surface area (Å²) in [4.78, 5) is 24.4. The van der Waals surface area contributed by atoms with Crippen molar-refractivity contribution in [3.63, 3.8) is 0 Å². The lowest BCUT2D eigenvalue weighted by Gasteiger charge is -2.31. The van der Waals surface area contributed by atoms with Crippen LogP contribution in [0.3, 0.4) is 0 Å². The first kappa shape index (κ1) is 22.2. The SMILES string of the molecule is Cc1cc2c(cc1S(=O)(=O)N1CCC(C(=O)Nc3ccc(F)cc3)CC1)O[C@@H](C)C(=O)N2. The molecule has 32 heavy (non-hydrogen) atoms.